The standard InChI is InChI=1S/C15H18ClN3O4/c1-2-23-15(21)12(10-18-19-6-8-22-9-7-19)13(20)11-4-3-5-17-14(11)16/h3-5,10,20H,2,6-9H2,1H3. The third-order valence-corrected chi connectivity index (χ3v) is 3.40. The Hall–Kier alpha value is -2.12. The van der Waals surface area contributed by atoms with Crippen LogP contribution >= 0.6 is 11.6 Å². The highest BCUT2D eigenvalue weighted by Crippen LogP contribution is 2.22. The molecule has 2 heterocycles. The van der Waals surface area contributed by atoms with Crippen LogP contribution < -0.4 is 0 Å². The summed E-state index contributed by atoms with van der Waals surface area (Å²) >= 11 is 5.96. The number of hydrogen-bond acceptors (Lipinski definition) is 7. The molecule has 0 amide bonds. The van der Waals surface area contributed by atoms with Gasteiger partial charge in [-0.3, -0.25) is 5.01 Å². The summed E-state index contributed by atoms with van der Waals surface area (Å²) in [4.78, 5) is 16.0. The lowest BCUT2D eigenvalue weighted by Crippen LogP contribution is -2.32. The largest absolute Gasteiger partial charge is 0.506 e. The summed E-state index contributed by atoms with van der Waals surface area (Å²) in [5.41, 5.74) is 0.166. The minimum absolute atomic E-state index is 0.0757. The number of morpholine rings is 1. The summed E-state index contributed by atoms with van der Waals surface area (Å²) in [6.07, 6.45) is 2.77. The van der Waals surface area contributed by atoms with Crippen LogP contribution in [0.5, 0.6) is 0 Å². The summed E-state index contributed by atoms with van der Waals surface area (Å²) in [7, 11) is 0. The van der Waals surface area contributed by atoms with Gasteiger partial charge < -0.3 is 14.6 Å². The second-order valence-corrected chi connectivity index (χ2v) is 4.99. The second-order valence-electron chi connectivity index (χ2n) is 4.64. The molecule has 0 radical (unpaired) electrons. The first-order chi connectivity index (χ1) is 11.1. The number of nitrogens with zero attached hydrogens (tertiary/aromatic N) is 3. The van der Waals surface area contributed by atoms with E-state index in [0.29, 0.717) is 26.3 Å². The maximum atomic E-state index is 12.1. The predicted octanol–water partition coefficient (Wildman–Crippen LogP) is 1.89. The molecule has 1 aromatic heterocycles. The van der Waals surface area contributed by atoms with E-state index in [0.717, 1.165) is 0 Å². The van der Waals surface area contributed by atoms with Crippen molar-refractivity contribution in [3.05, 3.63) is 34.6 Å². The maximum Gasteiger partial charge on any atom is 0.343 e. The van der Waals surface area contributed by atoms with Gasteiger partial charge in [-0.2, -0.15) is 5.10 Å². The Morgan fingerprint density at radius 2 is 2.30 bits per heavy atom. The topological polar surface area (TPSA) is 84.2 Å². The van der Waals surface area contributed by atoms with Crippen molar-refractivity contribution in [1.29, 1.82) is 0 Å². The monoisotopic (exact) mass is 339 g/mol. The van der Waals surface area contributed by atoms with Crippen LogP contribution in [0, 0.1) is 0 Å². The first kappa shape index (κ1) is 17.2. The number of hydrazone groups is 1. The van der Waals surface area contributed by atoms with Crippen molar-refractivity contribution >= 4 is 29.5 Å². The van der Waals surface area contributed by atoms with E-state index in [2.05, 4.69) is 10.1 Å². The molecule has 0 aliphatic carbocycles. The van der Waals surface area contributed by atoms with Gasteiger partial charge in [0, 0.05) is 6.20 Å². The number of esters is 1. The third kappa shape index (κ3) is 4.67. The summed E-state index contributed by atoms with van der Waals surface area (Å²) < 4.78 is 10.2. The average molecular weight is 340 g/mol. The van der Waals surface area contributed by atoms with Crippen LogP contribution in [0.25, 0.3) is 5.76 Å². The molecule has 0 unspecified atom stereocenters. The lowest BCUT2D eigenvalue weighted by Gasteiger charge is -2.23. The maximum absolute atomic E-state index is 12.1. The predicted molar refractivity (Wildman–Crippen MR) is 86.3 cm³/mol. The van der Waals surface area contributed by atoms with E-state index in [1.54, 1.807) is 24.1 Å². The first-order valence-electron chi connectivity index (χ1n) is 7.21. The molecule has 0 aromatic carbocycles. The molecule has 1 saturated heterocycles. The molecule has 23 heavy (non-hydrogen) atoms. The van der Waals surface area contributed by atoms with Gasteiger partial charge in [-0.15, -0.1) is 0 Å². The van der Waals surface area contributed by atoms with E-state index in [9.17, 15) is 9.90 Å². The van der Waals surface area contributed by atoms with Crippen LogP contribution in [0.1, 0.15) is 12.5 Å². The summed E-state index contributed by atoms with van der Waals surface area (Å²) in [5.74, 6) is -1.000. The van der Waals surface area contributed by atoms with Crippen LogP contribution in [-0.4, -0.2) is 60.2 Å². The average Bonchev–Trinajstić information content (AvgIpc) is 2.56. The van der Waals surface area contributed by atoms with Gasteiger partial charge in [-0.1, -0.05) is 11.6 Å². The fraction of sp³-hybridized carbons (Fsp3) is 0.400. The van der Waals surface area contributed by atoms with Crippen LogP contribution in [0.2, 0.25) is 5.15 Å². The Kier molecular flexibility index (Phi) is 6.37. The van der Waals surface area contributed by atoms with Crippen LogP contribution in [0.3, 0.4) is 0 Å². The van der Waals surface area contributed by atoms with Crippen molar-refractivity contribution in [1.82, 2.24) is 9.99 Å². The van der Waals surface area contributed by atoms with E-state index in [4.69, 9.17) is 21.1 Å². The Morgan fingerprint density at radius 3 is 2.96 bits per heavy atom. The lowest BCUT2D eigenvalue weighted by atomic mass is 10.1. The van der Waals surface area contributed by atoms with Gasteiger partial charge in [0.25, 0.3) is 0 Å². The number of carbonyl (C=O) groups excluding carboxylic acids is 1. The zero-order valence-corrected chi connectivity index (χ0v) is 13.5. The molecule has 7 nitrogen and oxygen atoms in total. The number of pyridine rings is 1. The molecule has 1 aliphatic heterocycles. The molecule has 1 aliphatic rings. The molecule has 124 valence electrons. The molecule has 0 saturated carbocycles. The number of aliphatic hydroxyl groups excluding tert-OH is 1. The Balaban J connectivity index is 2.32. The van der Waals surface area contributed by atoms with Crippen molar-refractivity contribution in [3.63, 3.8) is 0 Å². The second kappa shape index (κ2) is 8.50. The molecule has 1 aromatic rings. The Bertz CT molecular complexity index is 612. The van der Waals surface area contributed by atoms with Gasteiger partial charge in [0.1, 0.15) is 16.5 Å². The lowest BCUT2D eigenvalue weighted by molar-refractivity contribution is -0.137. The van der Waals surface area contributed by atoms with Gasteiger partial charge in [0.15, 0.2) is 0 Å². The molecule has 1 fully saturated rings. The van der Waals surface area contributed by atoms with Crippen LogP contribution in [0.15, 0.2) is 29.0 Å². The first-order valence-corrected chi connectivity index (χ1v) is 7.59. The minimum Gasteiger partial charge on any atom is -0.506 e. The normalized spacial score (nSPS) is 16.3. The molecule has 2 rings (SSSR count). The van der Waals surface area contributed by atoms with Crippen molar-refractivity contribution in [2.75, 3.05) is 32.9 Å². The van der Waals surface area contributed by atoms with E-state index < -0.39 is 5.97 Å². The summed E-state index contributed by atoms with van der Waals surface area (Å²) in [6, 6.07) is 3.17. The fourth-order valence-corrected chi connectivity index (χ4v) is 2.14. The Labute approximate surface area is 139 Å². The molecule has 0 spiro atoms. The highest BCUT2D eigenvalue weighted by molar-refractivity contribution is 6.31. The molecule has 0 atom stereocenters. The van der Waals surface area contributed by atoms with Gasteiger partial charge in [0.05, 0.1) is 44.7 Å². The van der Waals surface area contributed by atoms with E-state index in [1.807, 2.05) is 0 Å². The van der Waals surface area contributed by atoms with Crippen LogP contribution in [0.4, 0.5) is 0 Å². The zero-order chi connectivity index (χ0) is 16.7. The smallest absolute Gasteiger partial charge is 0.343 e. The van der Waals surface area contributed by atoms with Crippen molar-refractivity contribution in [2.24, 2.45) is 5.10 Å². The molecule has 1 N–H and O–H groups in total. The highest BCUT2D eigenvalue weighted by Gasteiger charge is 2.19. The van der Waals surface area contributed by atoms with Gasteiger partial charge >= 0.3 is 5.97 Å². The number of rotatable bonds is 5. The molecule has 0 bridgehead atoms. The molecular weight excluding hydrogens is 322 g/mol. The SMILES string of the molecule is CCOC(=O)C(C=NN1CCOCC1)=C(O)c1cccnc1Cl. The van der Waals surface area contributed by atoms with Crippen molar-refractivity contribution < 1.29 is 19.4 Å². The quantitative estimate of drug-likeness (QED) is 0.290. The molecular formula is C15H18ClN3O4. The van der Waals surface area contributed by atoms with Gasteiger partial charge in [0.2, 0.25) is 0 Å². The van der Waals surface area contributed by atoms with Gasteiger partial charge in [-0.25, -0.2) is 9.78 Å². The third-order valence-electron chi connectivity index (χ3n) is 3.10. The van der Waals surface area contributed by atoms with Crippen molar-refractivity contribution in [3.8, 4) is 0 Å². The fourth-order valence-electron chi connectivity index (χ4n) is 1.94. The number of ether oxygens (including phenoxy) is 2. The number of aromatic nitrogens is 1. The van der Waals surface area contributed by atoms with Crippen LogP contribution in [-0.2, 0) is 14.3 Å². The minimum atomic E-state index is -0.679. The van der Waals surface area contributed by atoms with E-state index in [-0.39, 0.29) is 28.7 Å². The Morgan fingerprint density at radius 1 is 1.57 bits per heavy atom. The number of aliphatic hydroxyl groups is 1. The zero-order valence-electron chi connectivity index (χ0n) is 12.7. The number of carbonyl (C=O) groups is 1. The number of halogens is 1. The van der Waals surface area contributed by atoms with Crippen molar-refractivity contribution in [2.45, 2.75) is 6.92 Å². The summed E-state index contributed by atoms with van der Waals surface area (Å²) in [5, 5.41) is 16.5. The highest BCUT2D eigenvalue weighted by atomic mass is 35.5. The molecule has 8 heteroatoms. The summed E-state index contributed by atoms with van der Waals surface area (Å²) in [6.45, 7) is 4.22. The van der Waals surface area contributed by atoms with E-state index in [1.165, 1.54) is 12.4 Å². The number of hydrogen-bond donors (Lipinski definition) is 1. The van der Waals surface area contributed by atoms with Gasteiger partial charge in [-0.05, 0) is 19.1 Å². The van der Waals surface area contributed by atoms with E-state index >= 15 is 0 Å².